The van der Waals surface area contributed by atoms with E-state index >= 15 is 0 Å². The molecule has 0 saturated carbocycles. The van der Waals surface area contributed by atoms with Crippen molar-refractivity contribution >= 4 is 0 Å². The third kappa shape index (κ3) is 1.26. The first-order valence-corrected chi connectivity index (χ1v) is 4.84. The van der Waals surface area contributed by atoms with Crippen LogP contribution in [0.25, 0.3) is 0 Å². The Bertz CT molecular complexity index is 264. The molecule has 0 bridgehead atoms. The number of rotatable bonds is 1. The van der Waals surface area contributed by atoms with Crippen LogP contribution in [0.2, 0.25) is 0 Å². The summed E-state index contributed by atoms with van der Waals surface area (Å²) < 4.78 is 0. The molecule has 2 aliphatic rings. The van der Waals surface area contributed by atoms with Gasteiger partial charge in [0.15, 0.2) is 0 Å². The van der Waals surface area contributed by atoms with Crippen molar-refractivity contribution in [1.82, 2.24) is 0 Å². The van der Waals surface area contributed by atoms with Gasteiger partial charge in [0.1, 0.15) is 0 Å². The highest BCUT2D eigenvalue weighted by molar-refractivity contribution is 5.44. The van der Waals surface area contributed by atoms with Crippen molar-refractivity contribution in [3.05, 3.63) is 35.5 Å². The summed E-state index contributed by atoms with van der Waals surface area (Å²) in [5, 5.41) is 0. The van der Waals surface area contributed by atoms with E-state index in [2.05, 4.69) is 38.2 Å². The molecule has 0 aromatic carbocycles. The SMILES string of the molecule is CC(C)C1C=CC2=C(CC=C2)C1. The number of hydrogen-bond donors (Lipinski definition) is 0. The van der Waals surface area contributed by atoms with Gasteiger partial charge < -0.3 is 0 Å². The summed E-state index contributed by atoms with van der Waals surface area (Å²) in [7, 11) is 0. The van der Waals surface area contributed by atoms with E-state index in [1.54, 1.807) is 5.57 Å². The molecule has 1 atom stereocenters. The van der Waals surface area contributed by atoms with Crippen LogP contribution in [0.4, 0.5) is 0 Å². The minimum absolute atomic E-state index is 0.781. The van der Waals surface area contributed by atoms with Crippen LogP contribution in [-0.4, -0.2) is 0 Å². The van der Waals surface area contributed by atoms with Crippen LogP contribution in [0.5, 0.6) is 0 Å². The predicted molar refractivity (Wildman–Crippen MR) is 52.9 cm³/mol. The van der Waals surface area contributed by atoms with Crippen LogP contribution in [0.3, 0.4) is 0 Å². The lowest BCUT2D eigenvalue weighted by atomic mass is 9.84. The highest BCUT2D eigenvalue weighted by atomic mass is 14.2. The summed E-state index contributed by atoms with van der Waals surface area (Å²) in [4.78, 5) is 0. The molecule has 0 spiro atoms. The molecule has 0 heterocycles. The zero-order valence-corrected chi connectivity index (χ0v) is 7.88. The Balaban J connectivity index is 2.13. The van der Waals surface area contributed by atoms with Crippen LogP contribution < -0.4 is 0 Å². The van der Waals surface area contributed by atoms with Gasteiger partial charge in [0.2, 0.25) is 0 Å². The Morgan fingerprint density at radius 1 is 1.33 bits per heavy atom. The molecule has 2 aliphatic carbocycles. The first kappa shape index (κ1) is 7.85. The molecule has 0 N–H and O–H groups in total. The van der Waals surface area contributed by atoms with E-state index < -0.39 is 0 Å². The van der Waals surface area contributed by atoms with Crippen molar-refractivity contribution in [1.29, 1.82) is 0 Å². The largest absolute Gasteiger partial charge is 0.0803 e. The van der Waals surface area contributed by atoms with E-state index in [-0.39, 0.29) is 0 Å². The molecule has 0 aromatic heterocycles. The molecule has 2 rings (SSSR count). The maximum atomic E-state index is 2.37. The van der Waals surface area contributed by atoms with Gasteiger partial charge in [0.25, 0.3) is 0 Å². The topological polar surface area (TPSA) is 0 Å². The molecule has 12 heavy (non-hydrogen) atoms. The predicted octanol–water partition coefficient (Wildman–Crippen LogP) is 3.48. The molecular weight excluding hydrogens is 144 g/mol. The summed E-state index contributed by atoms with van der Waals surface area (Å²) in [6.07, 6.45) is 11.7. The standard InChI is InChI=1S/C12H16/c1-9(2)11-7-6-10-4-3-5-12(10)8-11/h3-4,6-7,9,11H,5,8H2,1-2H3. The van der Waals surface area contributed by atoms with Crippen LogP contribution in [0.1, 0.15) is 26.7 Å². The maximum Gasteiger partial charge on any atom is -0.0126 e. The van der Waals surface area contributed by atoms with Crippen molar-refractivity contribution < 1.29 is 0 Å². The lowest BCUT2D eigenvalue weighted by molar-refractivity contribution is 0.455. The van der Waals surface area contributed by atoms with Crippen molar-refractivity contribution in [2.75, 3.05) is 0 Å². The molecule has 0 aliphatic heterocycles. The zero-order valence-electron chi connectivity index (χ0n) is 7.88. The monoisotopic (exact) mass is 160 g/mol. The van der Waals surface area contributed by atoms with Gasteiger partial charge in [-0.05, 0) is 30.3 Å². The second-order valence-electron chi connectivity index (χ2n) is 4.14. The molecular formula is C12H16. The minimum Gasteiger partial charge on any atom is -0.0803 e. The molecule has 1 unspecified atom stereocenters. The van der Waals surface area contributed by atoms with Gasteiger partial charge in [-0.25, -0.2) is 0 Å². The summed E-state index contributed by atoms with van der Waals surface area (Å²) in [6, 6.07) is 0. The maximum absolute atomic E-state index is 2.37. The normalized spacial score (nSPS) is 27.1. The molecule has 0 aromatic rings. The van der Waals surface area contributed by atoms with Gasteiger partial charge in [-0.3, -0.25) is 0 Å². The second kappa shape index (κ2) is 2.93. The molecule has 0 radical (unpaired) electrons. The molecule has 64 valence electrons. The van der Waals surface area contributed by atoms with Crippen molar-refractivity contribution in [3.8, 4) is 0 Å². The lowest BCUT2D eigenvalue weighted by Crippen LogP contribution is -2.09. The molecule has 0 heteroatoms. The minimum atomic E-state index is 0.781. The van der Waals surface area contributed by atoms with Gasteiger partial charge >= 0.3 is 0 Å². The van der Waals surface area contributed by atoms with Crippen LogP contribution in [0, 0.1) is 11.8 Å². The van der Waals surface area contributed by atoms with E-state index in [1.165, 1.54) is 18.4 Å². The van der Waals surface area contributed by atoms with Crippen LogP contribution in [-0.2, 0) is 0 Å². The van der Waals surface area contributed by atoms with Crippen LogP contribution >= 0.6 is 0 Å². The summed E-state index contributed by atoms with van der Waals surface area (Å²) >= 11 is 0. The Morgan fingerprint density at radius 3 is 2.92 bits per heavy atom. The first-order valence-electron chi connectivity index (χ1n) is 4.84. The summed E-state index contributed by atoms with van der Waals surface area (Å²) in [5.74, 6) is 1.57. The quantitative estimate of drug-likeness (QED) is 0.551. The first-order chi connectivity index (χ1) is 5.77. The smallest absolute Gasteiger partial charge is 0.0126 e. The highest BCUT2D eigenvalue weighted by Crippen LogP contribution is 2.34. The Hall–Kier alpha value is -0.780. The lowest BCUT2D eigenvalue weighted by Gasteiger charge is -2.21. The molecule has 0 saturated heterocycles. The molecule has 0 amide bonds. The average molecular weight is 160 g/mol. The van der Waals surface area contributed by atoms with E-state index in [4.69, 9.17) is 0 Å². The van der Waals surface area contributed by atoms with Crippen molar-refractivity contribution in [2.24, 2.45) is 11.8 Å². The zero-order chi connectivity index (χ0) is 8.55. The van der Waals surface area contributed by atoms with Gasteiger partial charge in [0, 0.05) is 0 Å². The van der Waals surface area contributed by atoms with Gasteiger partial charge in [-0.15, -0.1) is 0 Å². The van der Waals surface area contributed by atoms with Gasteiger partial charge in [-0.2, -0.15) is 0 Å². The second-order valence-corrected chi connectivity index (χ2v) is 4.14. The third-order valence-corrected chi connectivity index (χ3v) is 2.93. The van der Waals surface area contributed by atoms with Crippen molar-refractivity contribution in [2.45, 2.75) is 26.7 Å². The van der Waals surface area contributed by atoms with E-state index in [1.807, 2.05) is 0 Å². The van der Waals surface area contributed by atoms with Crippen molar-refractivity contribution in [3.63, 3.8) is 0 Å². The Morgan fingerprint density at radius 2 is 2.17 bits per heavy atom. The highest BCUT2D eigenvalue weighted by Gasteiger charge is 2.18. The Kier molecular flexibility index (Phi) is 1.92. The Labute approximate surface area is 74.7 Å². The fraction of sp³-hybridized carbons (Fsp3) is 0.500. The molecule has 0 fully saturated rings. The van der Waals surface area contributed by atoms with E-state index in [0.717, 1.165) is 11.8 Å². The number of allylic oxidation sites excluding steroid dienone is 6. The van der Waals surface area contributed by atoms with E-state index in [9.17, 15) is 0 Å². The summed E-state index contributed by atoms with van der Waals surface area (Å²) in [5.41, 5.74) is 3.13. The summed E-state index contributed by atoms with van der Waals surface area (Å²) in [6.45, 7) is 4.62. The number of hydrogen-bond acceptors (Lipinski definition) is 0. The average Bonchev–Trinajstić information content (AvgIpc) is 2.49. The van der Waals surface area contributed by atoms with E-state index in [0.29, 0.717) is 0 Å². The van der Waals surface area contributed by atoms with Gasteiger partial charge in [0.05, 0.1) is 0 Å². The third-order valence-electron chi connectivity index (χ3n) is 2.93. The fourth-order valence-electron chi connectivity index (χ4n) is 1.98. The fourth-order valence-corrected chi connectivity index (χ4v) is 1.98. The van der Waals surface area contributed by atoms with Crippen LogP contribution in [0.15, 0.2) is 35.5 Å². The molecule has 0 nitrogen and oxygen atoms in total. The van der Waals surface area contributed by atoms with Gasteiger partial charge in [-0.1, -0.05) is 43.7 Å².